The Bertz CT molecular complexity index is 213. The maximum atomic E-state index is 9.16. The highest BCUT2D eigenvalue weighted by molar-refractivity contribution is 5.36. The van der Waals surface area contributed by atoms with Crippen molar-refractivity contribution in [3.63, 3.8) is 0 Å². The number of hydroxylamine groups is 2. The summed E-state index contributed by atoms with van der Waals surface area (Å²) >= 11 is 0. The molecule has 1 atom stereocenters. The molecule has 0 radical (unpaired) electrons. The third-order valence-electron chi connectivity index (χ3n) is 1.59. The van der Waals surface area contributed by atoms with Gasteiger partial charge in [-0.05, 0) is 12.2 Å². The van der Waals surface area contributed by atoms with Crippen molar-refractivity contribution in [2.45, 2.75) is 6.04 Å². The topological polar surface area (TPSA) is 23.5 Å². The van der Waals surface area contributed by atoms with Crippen LogP contribution in [0.5, 0.6) is 0 Å². The summed E-state index contributed by atoms with van der Waals surface area (Å²) in [6.45, 7) is 0. The summed E-state index contributed by atoms with van der Waals surface area (Å²) in [5, 5.41) is 10.4. The average Bonchev–Trinajstić information content (AvgIpc) is 2.19. The van der Waals surface area contributed by atoms with Crippen LogP contribution in [0.2, 0.25) is 0 Å². The molecule has 0 amide bonds. The fraction of sp³-hybridized carbons (Fsp3) is 0.143. The van der Waals surface area contributed by atoms with E-state index in [0.717, 1.165) is 5.70 Å². The van der Waals surface area contributed by atoms with Crippen molar-refractivity contribution < 1.29 is 5.21 Å². The molecule has 2 rings (SSSR count). The lowest BCUT2D eigenvalue weighted by Gasteiger charge is -2.19. The van der Waals surface area contributed by atoms with E-state index in [1.54, 1.807) is 0 Å². The summed E-state index contributed by atoms with van der Waals surface area (Å²) < 4.78 is 0. The van der Waals surface area contributed by atoms with Crippen molar-refractivity contribution in [3.8, 4) is 0 Å². The molecule has 2 nitrogen and oxygen atoms in total. The van der Waals surface area contributed by atoms with Crippen molar-refractivity contribution in [1.82, 2.24) is 5.06 Å². The van der Waals surface area contributed by atoms with E-state index < -0.39 is 0 Å². The van der Waals surface area contributed by atoms with E-state index in [1.165, 1.54) is 5.06 Å². The second-order valence-corrected chi connectivity index (χ2v) is 2.17. The summed E-state index contributed by atoms with van der Waals surface area (Å²) in [5.41, 5.74) is 0.877. The molecule has 0 aromatic carbocycles. The highest BCUT2D eigenvalue weighted by Crippen LogP contribution is 2.21. The summed E-state index contributed by atoms with van der Waals surface area (Å²) in [6, 6.07) is 0.0880. The van der Waals surface area contributed by atoms with Crippen LogP contribution >= 0.6 is 0 Å². The predicted molar refractivity (Wildman–Crippen MR) is 33.8 cm³/mol. The van der Waals surface area contributed by atoms with Gasteiger partial charge in [-0.1, -0.05) is 18.2 Å². The van der Waals surface area contributed by atoms with Gasteiger partial charge in [0.1, 0.15) is 0 Å². The van der Waals surface area contributed by atoms with Gasteiger partial charge < -0.3 is 0 Å². The first-order valence-corrected chi connectivity index (χ1v) is 2.93. The fourth-order valence-corrected chi connectivity index (χ4v) is 1.07. The van der Waals surface area contributed by atoms with Gasteiger partial charge in [0.05, 0.1) is 11.7 Å². The summed E-state index contributed by atoms with van der Waals surface area (Å²) in [6.07, 6.45) is 9.62. The number of rotatable bonds is 0. The molecule has 2 heteroatoms. The Labute approximate surface area is 53.4 Å². The molecule has 0 aromatic rings. The highest BCUT2D eigenvalue weighted by Gasteiger charge is 2.19. The van der Waals surface area contributed by atoms with E-state index in [9.17, 15) is 0 Å². The van der Waals surface area contributed by atoms with Crippen LogP contribution in [0.15, 0.2) is 36.1 Å². The van der Waals surface area contributed by atoms with Crippen molar-refractivity contribution in [1.29, 1.82) is 0 Å². The number of hydrogen-bond acceptors (Lipinski definition) is 2. The molecule has 46 valence electrons. The van der Waals surface area contributed by atoms with Gasteiger partial charge in [-0.2, -0.15) is 0 Å². The molecule has 2 aliphatic heterocycles. The molecule has 0 saturated carbocycles. The van der Waals surface area contributed by atoms with Gasteiger partial charge in [0, 0.05) is 0 Å². The van der Waals surface area contributed by atoms with E-state index in [2.05, 4.69) is 0 Å². The monoisotopic (exact) mass is 121 g/mol. The van der Waals surface area contributed by atoms with Gasteiger partial charge in [0.15, 0.2) is 0 Å². The SMILES string of the molecule is ON1C2=CC=C[C@H]1C=C2. The lowest BCUT2D eigenvalue weighted by atomic mass is 10.2. The summed E-state index contributed by atoms with van der Waals surface area (Å²) in [5.74, 6) is 0. The van der Waals surface area contributed by atoms with Crippen molar-refractivity contribution >= 4 is 0 Å². The number of fused-ring (bicyclic) bond motifs is 2. The van der Waals surface area contributed by atoms with E-state index in [-0.39, 0.29) is 6.04 Å². The van der Waals surface area contributed by atoms with E-state index in [0.29, 0.717) is 0 Å². The zero-order valence-electron chi connectivity index (χ0n) is 4.86. The van der Waals surface area contributed by atoms with Crippen molar-refractivity contribution in [3.05, 3.63) is 36.1 Å². The maximum absolute atomic E-state index is 9.16. The van der Waals surface area contributed by atoms with E-state index >= 15 is 0 Å². The molecule has 9 heavy (non-hydrogen) atoms. The molecule has 0 unspecified atom stereocenters. The summed E-state index contributed by atoms with van der Waals surface area (Å²) in [4.78, 5) is 0. The van der Waals surface area contributed by atoms with Crippen LogP contribution in [0.4, 0.5) is 0 Å². The fourth-order valence-electron chi connectivity index (χ4n) is 1.07. The first-order chi connectivity index (χ1) is 4.38. The molecule has 0 aromatic heterocycles. The van der Waals surface area contributed by atoms with Crippen LogP contribution in [0.25, 0.3) is 0 Å². The quantitative estimate of drug-likeness (QED) is 0.518. The van der Waals surface area contributed by atoms with Gasteiger partial charge in [-0.15, -0.1) is 0 Å². The Balaban J connectivity index is 2.45. The first kappa shape index (κ1) is 4.82. The highest BCUT2D eigenvalue weighted by atomic mass is 16.5. The molecule has 0 spiro atoms. The lowest BCUT2D eigenvalue weighted by molar-refractivity contribution is -0.0563. The Morgan fingerprint density at radius 1 is 1.44 bits per heavy atom. The largest absolute Gasteiger partial charge is 0.288 e. The van der Waals surface area contributed by atoms with Gasteiger partial charge >= 0.3 is 0 Å². The van der Waals surface area contributed by atoms with Gasteiger partial charge in [-0.3, -0.25) is 5.21 Å². The van der Waals surface area contributed by atoms with E-state index in [1.807, 2.05) is 30.4 Å². The standard InChI is InChI=1S/C7H7NO/c9-8-6-2-1-3-7(8)5-4-6/h1-6,9H/t6-/m0/s1. The van der Waals surface area contributed by atoms with E-state index in [4.69, 9.17) is 5.21 Å². The first-order valence-electron chi connectivity index (χ1n) is 2.93. The predicted octanol–water partition coefficient (Wildman–Crippen LogP) is 1.07. The molecule has 0 aliphatic carbocycles. The van der Waals surface area contributed by atoms with Crippen LogP contribution in [-0.4, -0.2) is 16.3 Å². The number of nitrogens with zero attached hydrogens (tertiary/aromatic N) is 1. The minimum atomic E-state index is 0.0880. The van der Waals surface area contributed by atoms with Crippen LogP contribution in [-0.2, 0) is 0 Å². The second-order valence-electron chi connectivity index (χ2n) is 2.17. The molecule has 2 heterocycles. The minimum absolute atomic E-state index is 0.0880. The molecule has 0 fully saturated rings. The normalized spacial score (nSPS) is 29.2. The lowest BCUT2D eigenvalue weighted by Crippen LogP contribution is -2.24. The Kier molecular flexibility index (Phi) is 0.794. The van der Waals surface area contributed by atoms with Crippen molar-refractivity contribution in [2.75, 3.05) is 0 Å². The second kappa shape index (κ2) is 1.48. The molecular weight excluding hydrogens is 114 g/mol. The minimum Gasteiger partial charge on any atom is -0.288 e. The van der Waals surface area contributed by atoms with Crippen LogP contribution in [0.1, 0.15) is 0 Å². The molecular formula is C7H7NO. The summed E-state index contributed by atoms with van der Waals surface area (Å²) in [7, 11) is 0. The molecule has 1 N–H and O–H groups in total. The molecule has 2 aliphatic rings. The van der Waals surface area contributed by atoms with Crippen molar-refractivity contribution in [2.24, 2.45) is 0 Å². The third-order valence-corrected chi connectivity index (χ3v) is 1.59. The smallest absolute Gasteiger partial charge is 0.0931 e. The molecule has 2 bridgehead atoms. The van der Waals surface area contributed by atoms with Crippen LogP contribution in [0.3, 0.4) is 0 Å². The third kappa shape index (κ3) is 0.535. The number of allylic oxidation sites excluding steroid dienone is 3. The Morgan fingerprint density at radius 3 is 3.00 bits per heavy atom. The van der Waals surface area contributed by atoms with Gasteiger partial charge in [0.25, 0.3) is 0 Å². The van der Waals surface area contributed by atoms with Crippen LogP contribution < -0.4 is 0 Å². The molecule has 0 saturated heterocycles. The Hall–Kier alpha value is -1.02. The maximum Gasteiger partial charge on any atom is 0.0931 e. The van der Waals surface area contributed by atoms with Gasteiger partial charge in [0.2, 0.25) is 0 Å². The zero-order valence-corrected chi connectivity index (χ0v) is 4.86. The average molecular weight is 121 g/mol. The zero-order chi connectivity index (χ0) is 6.27. The Morgan fingerprint density at radius 2 is 2.33 bits per heavy atom. The number of hydrogen-bond donors (Lipinski definition) is 1. The van der Waals surface area contributed by atoms with Crippen LogP contribution in [0, 0.1) is 0 Å². The van der Waals surface area contributed by atoms with Gasteiger partial charge in [-0.25, -0.2) is 5.06 Å².